The van der Waals surface area contributed by atoms with Gasteiger partial charge in [0.25, 0.3) is 0 Å². The summed E-state index contributed by atoms with van der Waals surface area (Å²) in [7, 11) is 0. The van der Waals surface area contributed by atoms with E-state index in [0.29, 0.717) is 25.3 Å². The van der Waals surface area contributed by atoms with Gasteiger partial charge in [-0.15, -0.1) is 0 Å². The summed E-state index contributed by atoms with van der Waals surface area (Å²) in [5, 5.41) is 7.35. The van der Waals surface area contributed by atoms with Crippen LogP contribution in [0.15, 0.2) is 24.3 Å². The van der Waals surface area contributed by atoms with Gasteiger partial charge in [0.1, 0.15) is 17.8 Å². The molecule has 0 radical (unpaired) electrons. The van der Waals surface area contributed by atoms with E-state index in [1.54, 1.807) is 12.1 Å². The second kappa shape index (κ2) is 5.25. The summed E-state index contributed by atoms with van der Waals surface area (Å²) >= 11 is 0. The van der Waals surface area contributed by atoms with Crippen LogP contribution >= 0.6 is 0 Å². The second-order valence-corrected chi connectivity index (χ2v) is 4.14. The normalized spacial score (nSPS) is 21.4. The van der Waals surface area contributed by atoms with Gasteiger partial charge in [-0.25, -0.2) is 4.39 Å². The minimum Gasteiger partial charge on any atom is -0.385 e. The first-order valence-electron chi connectivity index (χ1n) is 5.58. The Morgan fingerprint density at radius 1 is 1.53 bits per heavy atom. The lowest BCUT2D eigenvalue weighted by atomic mass is 10.1. The molecule has 1 aromatic carbocycles. The molecule has 0 spiro atoms. The summed E-state index contributed by atoms with van der Waals surface area (Å²) in [5.74, 6) is -0.165. The molecule has 0 saturated carbocycles. The first kappa shape index (κ1) is 12.0. The van der Waals surface area contributed by atoms with Crippen molar-refractivity contribution in [3.05, 3.63) is 35.6 Å². The van der Waals surface area contributed by atoms with Gasteiger partial charge in [0.15, 0.2) is 0 Å². The van der Waals surface area contributed by atoms with Crippen molar-refractivity contribution < 1.29 is 9.13 Å². The molecule has 1 heterocycles. The zero-order valence-corrected chi connectivity index (χ0v) is 9.53. The third-order valence-electron chi connectivity index (χ3n) is 2.85. The molecule has 1 fully saturated rings. The van der Waals surface area contributed by atoms with E-state index >= 15 is 0 Å². The zero-order chi connectivity index (χ0) is 12.3. The fourth-order valence-electron chi connectivity index (χ4n) is 1.90. The summed E-state index contributed by atoms with van der Waals surface area (Å²) in [4.78, 5) is 2.05. The highest BCUT2D eigenvalue weighted by atomic mass is 19.1. The maximum absolute atomic E-state index is 13.5. The summed E-state index contributed by atoms with van der Waals surface area (Å²) in [6.07, 6.45) is -0.365. The van der Waals surface area contributed by atoms with Crippen LogP contribution in [-0.2, 0) is 11.3 Å². The fourth-order valence-corrected chi connectivity index (χ4v) is 1.90. The minimum absolute atomic E-state index is 0.0308. The minimum atomic E-state index is -0.365. The van der Waals surface area contributed by atoms with Crippen molar-refractivity contribution in [2.75, 3.05) is 19.7 Å². The number of amidine groups is 1. The first-order chi connectivity index (χ1) is 8.16. The van der Waals surface area contributed by atoms with Gasteiger partial charge < -0.3 is 10.5 Å². The molecule has 1 aromatic rings. The predicted molar refractivity (Wildman–Crippen MR) is 63.3 cm³/mol. The molecule has 1 unspecified atom stereocenters. The lowest BCUT2D eigenvalue weighted by Gasteiger charge is -2.32. The SMILES string of the molecule is N=C(N)C1CN(Cc2ccccc2F)CCO1. The van der Waals surface area contributed by atoms with Crippen molar-refractivity contribution in [1.82, 2.24) is 4.90 Å². The van der Waals surface area contributed by atoms with E-state index < -0.39 is 0 Å². The van der Waals surface area contributed by atoms with Crippen LogP contribution in [-0.4, -0.2) is 36.5 Å². The van der Waals surface area contributed by atoms with Gasteiger partial charge in [-0.2, -0.15) is 0 Å². The van der Waals surface area contributed by atoms with Gasteiger partial charge in [0.05, 0.1) is 6.61 Å². The average molecular weight is 237 g/mol. The van der Waals surface area contributed by atoms with E-state index in [-0.39, 0.29) is 17.8 Å². The lowest BCUT2D eigenvalue weighted by Crippen LogP contribution is -2.47. The van der Waals surface area contributed by atoms with Gasteiger partial charge in [-0.1, -0.05) is 18.2 Å². The molecule has 0 amide bonds. The van der Waals surface area contributed by atoms with Crippen LogP contribution in [0.4, 0.5) is 4.39 Å². The summed E-state index contributed by atoms with van der Waals surface area (Å²) in [6, 6.07) is 6.73. The molecule has 3 N–H and O–H groups in total. The smallest absolute Gasteiger partial charge is 0.127 e. The molecular formula is C12H16FN3O. The maximum Gasteiger partial charge on any atom is 0.127 e. The monoisotopic (exact) mass is 237 g/mol. The molecule has 0 aromatic heterocycles. The second-order valence-electron chi connectivity index (χ2n) is 4.14. The van der Waals surface area contributed by atoms with E-state index in [4.69, 9.17) is 15.9 Å². The Balaban J connectivity index is 1.99. The molecule has 0 bridgehead atoms. The van der Waals surface area contributed by atoms with E-state index in [0.717, 1.165) is 6.54 Å². The first-order valence-corrected chi connectivity index (χ1v) is 5.58. The average Bonchev–Trinajstić information content (AvgIpc) is 2.32. The Morgan fingerprint density at radius 3 is 3.00 bits per heavy atom. The van der Waals surface area contributed by atoms with Crippen molar-refractivity contribution >= 4 is 5.84 Å². The summed E-state index contributed by atoms with van der Waals surface area (Å²) in [6.45, 7) is 2.33. The molecule has 5 heteroatoms. The zero-order valence-electron chi connectivity index (χ0n) is 9.53. The Kier molecular flexibility index (Phi) is 3.71. The standard InChI is InChI=1S/C12H16FN3O/c13-10-4-2-1-3-9(10)7-16-5-6-17-11(8-16)12(14)15/h1-4,11H,5-8H2,(H3,14,15). The van der Waals surface area contributed by atoms with Gasteiger partial charge >= 0.3 is 0 Å². The lowest BCUT2D eigenvalue weighted by molar-refractivity contribution is 0.00200. The number of benzene rings is 1. The van der Waals surface area contributed by atoms with E-state index in [9.17, 15) is 4.39 Å². The third kappa shape index (κ3) is 3.01. The predicted octanol–water partition coefficient (Wildman–Crippen LogP) is 0.962. The molecule has 92 valence electrons. The number of halogens is 1. The molecular weight excluding hydrogens is 221 g/mol. The van der Waals surface area contributed by atoms with Crippen LogP contribution in [0.2, 0.25) is 0 Å². The number of hydrogen-bond acceptors (Lipinski definition) is 3. The van der Waals surface area contributed by atoms with Crippen LogP contribution in [0, 0.1) is 11.2 Å². The fraction of sp³-hybridized carbons (Fsp3) is 0.417. The molecule has 1 aliphatic heterocycles. The Morgan fingerprint density at radius 2 is 2.29 bits per heavy atom. The molecule has 2 rings (SSSR count). The van der Waals surface area contributed by atoms with Crippen molar-refractivity contribution in [3.63, 3.8) is 0 Å². The highest BCUT2D eigenvalue weighted by Gasteiger charge is 2.23. The highest BCUT2D eigenvalue weighted by Crippen LogP contribution is 2.13. The van der Waals surface area contributed by atoms with Crippen LogP contribution in [0.1, 0.15) is 5.56 Å². The van der Waals surface area contributed by atoms with E-state index in [1.165, 1.54) is 6.07 Å². The Bertz CT molecular complexity index is 410. The number of hydrogen-bond donors (Lipinski definition) is 2. The Hall–Kier alpha value is -1.46. The van der Waals surface area contributed by atoms with Crippen LogP contribution in [0.25, 0.3) is 0 Å². The number of rotatable bonds is 3. The van der Waals surface area contributed by atoms with Crippen LogP contribution < -0.4 is 5.73 Å². The van der Waals surface area contributed by atoms with Crippen LogP contribution in [0.3, 0.4) is 0 Å². The number of nitrogens with two attached hydrogens (primary N) is 1. The molecule has 1 aliphatic rings. The molecule has 17 heavy (non-hydrogen) atoms. The molecule has 1 saturated heterocycles. The van der Waals surface area contributed by atoms with Gasteiger partial charge in [0, 0.05) is 25.2 Å². The topological polar surface area (TPSA) is 62.3 Å². The molecule has 1 atom stereocenters. The molecule has 4 nitrogen and oxygen atoms in total. The van der Waals surface area contributed by atoms with Crippen molar-refractivity contribution in [3.8, 4) is 0 Å². The van der Waals surface area contributed by atoms with E-state index in [2.05, 4.69) is 0 Å². The van der Waals surface area contributed by atoms with Crippen molar-refractivity contribution in [1.29, 1.82) is 5.41 Å². The van der Waals surface area contributed by atoms with Crippen molar-refractivity contribution in [2.24, 2.45) is 5.73 Å². The van der Waals surface area contributed by atoms with Gasteiger partial charge in [-0.05, 0) is 6.07 Å². The number of morpholine rings is 1. The van der Waals surface area contributed by atoms with Gasteiger partial charge in [-0.3, -0.25) is 10.3 Å². The summed E-state index contributed by atoms with van der Waals surface area (Å²) < 4.78 is 18.8. The van der Waals surface area contributed by atoms with Gasteiger partial charge in [0.2, 0.25) is 0 Å². The van der Waals surface area contributed by atoms with Crippen molar-refractivity contribution in [2.45, 2.75) is 12.6 Å². The third-order valence-corrected chi connectivity index (χ3v) is 2.85. The Labute approximate surface area is 99.7 Å². The number of ether oxygens (including phenoxy) is 1. The van der Waals surface area contributed by atoms with Crippen LogP contribution in [0.5, 0.6) is 0 Å². The highest BCUT2D eigenvalue weighted by molar-refractivity contribution is 5.82. The number of nitrogens with zero attached hydrogens (tertiary/aromatic N) is 1. The largest absolute Gasteiger partial charge is 0.385 e. The van der Waals surface area contributed by atoms with E-state index in [1.807, 2.05) is 11.0 Å². The number of nitrogens with one attached hydrogen (secondary N) is 1. The molecule has 0 aliphatic carbocycles. The quantitative estimate of drug-likeness (QED) is 0.608. The maximum atomic E-state index is 13.5. The summed E-state index contributed by atoms with van der Waals surface area (Å²) in [5.41, 5.74) is 6.07.